The predicted octanol–water partition coefficient (Wildman–Crippen LogP) is 12.2. The second-order valence-corrected chi connectivity index (χ2v) is 13.1. The summed E-state index contributed by atoms with van der Waals surface area (Å²) in [7, 11) is 0. The number of carbonyl (C=O) groups is 1. The smallest absolute Gasteiger partial charge is 0.156 e. The molecule has 0 N–H and O–H groups in total. The average molecular weight is 628 g/mol. The summed E-state index contributed by atoms with van der Waals surface area (Å²) < 4.78 is 0. The Labute approximate surface area is 290 Å². The van der Waals surface area contributed by atoms with Crippen LogP contribution in [0.3, 0.4) is 0 Å². The Morgan fingerprint density at radius 1 is 0.604 bits per heavy atom. The Morgan fingerprint density at radius 3 is 1.77 bits per heavy atom. The average Bonchev–Trinajstić information content (AvgIpc) is 3.09. The molecule has 0 heterocycles. The minimum Gasteiger partial charge on any atom is -0.295 e. The van der Waals surface area contributed by atoms with E-state index < -0.39 is 0 Å². The van der Waals surface area contributed by atoms with Gasteiger partial charge >= 0.3 is 0 Å². The first-order valence-corrected chi connectivity index (χ1v) is 17.2. The summed E-state index contributed by atoms with van der Waals surface area (Å²) in [4.78, 5) is 12.3. The number of hydrogen-bond donors (Lipinski definition) is 0. The molecule has 0 saturated carbocycles. The molecule has 0 saturated heterocycles. The highest BCUT2D eigenvalue weighted by molar-refractivity contribution is 5.95. The third-order valence-electron chi connectivity index (χ3n) is 9.15. The molecule has 0 amide bonds. The zero-order valence-corrected chi connectivity index (χ0v) is 29.0. The molecular weight excluding hydrogens is 579 g/mol. The number of carbonyl (C=O) groups excluding carboxylic acids is 1. The van der Waals surface area contributed by atoms with Gasteiger partial charge in [-0.2, -0.15) is 0 Å². The minimum absolute atomic E-state index is 0. The lowest BCUT2D eigenvalue weighted by atomic mass is 9.90. The van der Waals surface area contributed by atoms with Gasteiger partial charge in [0.1, 0.15) is 0 Å². The Bertz CT molecular complexity index is 1940. The standard InChI is InChI=1S/C23H22O.C23H26.B/c1-17-7-5-8-19(15-17)13-14-21(24)16-18(2)22-12-6-10-20-9-3-4-11-23(20)22;1-18-9-7-12-20(17-18)11-4-3-10-19(2)22-16-8-14-21-13-5-6-15-23(21)22;/h3-15,18H,16H2,1-2H3;5-9,12-17,19H,3-4,10-11H2,1-2H3;/b14-13+;;/t18-;19-;/m00./s1. The van der Waals surface area contributed by atoms with Gasteiger partial charge in [0.15, 0.2) is 5.78 Å². The van der Waals surface area contributed by atoms with Crippen LogP contribution in [0.2, 0.25) is 0 Å². The highest BCUT2D eigenvalue weighted by Crippen LogP contribution is 2.30. The quantitative estimate of drug-likeness (QED) is 0.0793. The normalized spacial score (nSPS) is 12.2. The summed E-state index contributed by atoms with van der Waals surface area (Å²) in [6.07, 6.45) is 9.17. The molecule has 0 aromatic heterocycles. The van der Waals surface area contributed by atoms with Crippen LogP contribution in [0.25, 0.3) is 27.6 Å². The summed E-state index contributed by atoms with van der Waals surface area (Å²) in [5.41, 5.74) is 7.85. The lowest BCUT2D eigenvalue weighted by molar-refractivity contribution is -0.114. The Balaban J connectivity index is 0.000000212. The van der Waals surface area contributed by atoms with Crippen molar-refractivity contribution in [3.8, 4) is 0 Å². The second kappa shape index (κ2) is 18.0. The van der Waals surface area contributed by atoms with E-state index in [1.54, 1.807) is 6.08 Å². The number of ketones is 1. The zero-order chi connectivity index (χ0) is 33.0. The van der Waals surface area contributed by atoms with Gasteiger partial charge in [-0.15, -0.1) is 0 Å². The van der Waals surface area contributed by atoms with Crippen molar-refractivity contribution >= 4 is 41.8 Å². The first-order chi connectivity index (χ1) is 22.9. The molecule has 0 unspecified atom stereocenters. The van der Waals surface area contributed by atoms with Gasteiger partial charge < -0.3 is 0 Å². The number of rotatable bonds is 11. The third-order valence-corrected chi connectivity index (χ3v) is 9.15. The molecule has 2 heteroatoms. The Morgan fingerprint density at radius 2 is 1.15 bits per heavy atom. The molecule has 2 atom stereocenters. The summed E-state index contributed by atoms with van der Waals surface area (Å²) in [6.45, 7) is 8.72. The van der Waals surface area contributed by atoms with Gasteiger partial charge in [0, 0.05) is 14.8 Å². The molecule has 6 aromatic carbocycles. The fourth-order valence-electron chi connectivity index (χ4n) is 6.61. The molecule has 0 fully saturated rings. The van der Waals surface area contributed by atoms with Crippen LogP contribution in [0, 0.1) is 13.8 Å². The lowest BCUT2D eigenvalue weighted by Gasteiger charge is -2.14. The fraction of sp³-hybridized carbons (Fsp3) is 0.239. The van der Waals surface area contributed by atoms with Crippen molar-refractivity contribution in [2.24, 2.45) is 0 Å². The molecule has 3 radical (unpaired) electrons. The second-order valence-electron chi connectivity index (χ2n) is 13.1. The number of hydrogen-bond acceptors (Lipinski definition) is 1. The lowest BCUT2D eigenvalue weighted by Crippen LogP contribution is -2.02. The van der Waals surface area contributed by atoms with Crippen molar-refractivity contribution < 1.29 is 4.79 Å². The van der Waals surface area contributed by atoms with Gasteiger partial charge in [-0.1, -0.05) is 171 Å². The molecule has 6 aromatic rings. The maximum atomic E-state index is 12.3. The molecule has 48 heavy (non-hydrogen) atoms. The van der Waals surface area contributed by atoms with Crippen molar-refractivity contribution in [3.05, 3.63) is 173 Å². The molecule has 241 valence electrons. The molecule has 0 aliphatic rings. The number of unbranched alkanes of at least 4 members (excludes halogenated alkanes) is 1. The van der Waals surface area contributed by atoms with Crippen molar-refractivity contribution in [2.75, 3.05) is 0 Å². The van der Waals surface area contributed by atoms with Gasteiger partial charge in [0.05, 0.1) is 0 Å². The molecule has 0 aliphatic carbocycles. The van der Waals surface area contributed by atoms with Crippen LogP contribution >= 0.6 is 0 Å². The number of allylic oxidation sites excluding steroid dienone is 1. The Kier molecular flexibility index (Phi) is 13.6. The largest absolute Gasteiger partial charge is 0.295 e. The SMILES string of the molecule is Cc1cccc(/C=C/C(=O)C[C@H](C)c2cccc3ccccc23)c1.Cc1cccc(CCCC[C@H](C)c2cccc3ccccc23)c1.[B]. The highest BCUT2D eigenvalue weighted by atomic mass is 16.1. The maximum Gasteiger partial charge on any atom is 0.156 e. The van der Waals surface area contributed by atoms with E-state index in [1.807, 2.05) is 24.3 Å². The van der Waals surface area contributed by atoms with E-state index in [-0.39, 0.29) is 20.1 Å². The van der Waals surface area contributed by atoms with Crippen LogP contribution in [-0.4, -0.2) is 14.2 Å². The topological polar surface area (TPSA) is 17.1 Å². The third kappa shape index (κ3) is 10.2. The van der Waals surface area contributed by atoms with Crippen LogP contribution in [0.5, 0.6) is 0 Å². The number of benzene rings is 6. The van der Waals surface area contributed by atoms with Crippen molar-refractivity contribution in [1.82, 2.24) is 0 Å². The summed E-state index contributed by atoms with van der Waals surface area (Å²) in [6, 6.07) is 47.2. The molecule has 0 aliphatic heterocycles. The van der Waals surface area contributed by atoms with Gasteiger partial charge in [0.2, 0.25) is 0 Å². The zero-order valence-electron chi connectivity index (χ0n) is 29.0. The first kappa shape index (κ1) is 36.2. The van der Waals surface area contributed by atoms with E-state index in [0.717, 1.165) is 5.56 Å². The predicted molar refractivity (Wildman–Crippen MR) is 209 cm³/mol. The van der Waals surface area contributed by atoms with Gasteiger partial charge in [0.25, 0.3) is 0 Å². The van der Waals surface area contributed by atoms with E-state index in [2.05, 4.69) is 143 Å². The summed E-state index contributed by atoms with van der Waals surface area (Å²) in [5.74, 6) is 0.987. The monoisotopic (exact) mass is 627 g/mol. The van der Waals surface area contributed by atoms with Gasteiger partial charge in [-0.05, 0) is 94.8 Å². The van der Waals surface area contributed by atoms with Crippen LogP contribution < -0.4 is 0 Å². The van der Waals surface area contributed by atoms with Crippen molar-refractivity contribution in [2.45, 2.75) is 71.6 Å². The molecule has 1 nitrogen and oxygen atoms in total. The minimum atomic E-state index is 0. The van der Waals surface area contributed by atoms with Crippen molar-refractivity contribution in [3.63, 3.8) is 0 Å². The molecular formula is C46H48BO. The molecule has 0 bridgehead atoms. The van der Waals surface area contributed by atoms with Crippen LogP contribution in [0.15, 0.2) is 140 Å². The highest BCUT2D eigenvalue weighted by Gasteiger charge is 2.12. The van der Waals surface area contributed by atoms with Gasteiger partial charge in [-0.25, -0.2) is 0 Å². The van der Waals surface area contributed by atoms with E-state index in [4.69, 9.17) is 0 Å². The van der Waals surface area contributed by atoms with Crippen LogP contribution in [0.4, 0.5) is 0 Å². The van der Waals surface area contributed by atoms with Crippen LogP contribution in [-0.2, 0) is 11.2 Å². The number of fused-ring (bicyclic) bond motifs is 2. The summed E-state index contributed by atoms with van der Waals surface area (Å²) >= 11 is 0. The number of aryl methyl sites for hydroxylation is 3. The van der Waals surface area contributed by atoms with E-state index >= 15 is 0 Å². The fourth-order valence-corrected chi connectivity index (χ4v) is 6.61. The van der Waals surface area contributed by atoms with Crippen LogP contribution in [0.1, 0.15) is 84.7 Å². The molecule has 0 spiro atoms. The Hall–Kier alpha value is -4.69. The van der Waals surface area contributed by atoms with Crippen molar-refractivity contribution in [1.29, 1.82) is 0 Å². The van der Waals surface area contributed by atoms with E-state index in [1.165, 1.54) is 75.0 Å². The van der Waals surface area contributed by atoms with E-state index in [0.29, 0.717) is 12.3 Å². The first-order valence-electron chi connectivity index (χ1n) is 17.2. The molecule has 6 rings (SSSR count). The maximum absolute atomic E-state index is 12.3. The summed E-state index contributed by atoms with van der Waals surface area (Å²) in [5, 5.41) is 5.24. The van der Waals surface area contributed by atoms with Gasteiger partial charge in [-0.3, -0.25) is 4.79 Å². The van der Waals surface area contributed by atoms with E-state index in [9.17, 15) is 4.79 Å².